The second-order valence-electron chi connectivity index (χ2n) is 10.9. The fourth-order valence-electron chi connectivity index (χ4n) is 5.70. The van der Waals surface area contributed by atoms with Crippen LogP contribution in [0.5, 0.6) is 0 Å². The average Bonchev–Trinajstić information content (AvgIpc) is 3.75. The van der Waals surface area contributed by atoms with Crippen LogP contribution in [0.1, 0.15) is 43.9 Å². The first-order valence-corrected chi connectivity index (χ1v) is 14.8. The Balaban J connectivity index is 1.12. The van der Waals surface area contributed by atoms with E-state index in [-0.39, 0.29) is 17.9 Å². The van der Waals surface area contributed by atoms with E-state index in [1.807, 2.05) is 59.5 Å². The van der Waals surface area contributed by atoms with E-state index in [0.717, 1.165) is 35.1 Å². The molecule has 8 heteroatoms. The molecule has 0 aliphatic carbocycles. The maximum absolute atomic E-state index is 13.7. The summed E-state index contributed by atoms with van der Waals surface area (Å²) in [4.78, 5) is 34.2. The van der Waals surface area contributed by atoms with Crippen molar-refractivity contribution in [1.29, 1.82) is 0 Å². The predicted octanol–water partition coefficient (Wildman–Crippen LogP) is 5.98. The molecule has 2 aliphatic rings. The summed E-state index contributed by atoms with van der Waals surface area (Å²) >= 11 is 1.69. The molecule has 0 radical (unpaired) electrons. The number of carbonyl (C=O) groups excluding carboxylic acids is 2. The molecule has 7 nitrogen and oxygen atoms in total. The van der Waals surface area contributed by atoms with E-state index in [1.54, 1.807) is 37.6 Å². The van der Waals surface area contributed by atoms with Crippen molar-refractivity contribution in [3.05, 3.63) is 102 Å². The van der Waals surface area contributed by atoms with E-state index in [4.69, 9.17) is 9.47 Å². The van der Waals surface area contributed by atoms with Gasteiger partial charge in [0.2, 0.25) is 0 Å². The minimum absolute atomic E-state index is 0.0272. The Morgan fingerprint density at radius 2 is 1.68 bits per heavy atom. The van der Waals surface area contributed by atoms with Crippen LogP contribution in [0.3, 0.4) is 0 Å². The molecule has 2 aromatic heterocycles. The second-order valence-corrected chi connectivity index (χ2v) is 11.8. The molecule has 0 bridgehead atoms. The van der Waals surface area contributed by atoms with Gasteiger partial charge in [-0.2, -0.15) is 0 Å². The van der Waals surface area contributed by atoms with Crippen LogP contribution in [-0.2, 0) is 25.6 Å². The van der Waals surface area contributed by atoms with Crippen molar-refractivity contribution in [2.24, 2.45) is 0 Å². The number of amides is 2. The van der Waals surface area contributed by atoms with Crippen LogP contribution in [0, 0.1) is 0 Å². The summed E-state index contributed by atoms with van der Waals surface area (Å²) in [5, 5.41) is 5.06. The molecule has 210 valence electrons. The lowest BCUT2D eigenvalue weighted by atomic mass is 10.0. The minimum atomic E-state index is -1.04. The number of nitrogens with one attached hydrogen (secondary N) is 1. The second kappa shape index (κ2) is 11.6. The first kappa shape index (κ1) is 27.3. The van der Waals surface area contributed by atoms with E-state index >= 15 is 0 Å². The molecular formula is C33H33N3O4S. The van der Waals surface area contributed by atoms with Crippen LogP contribution >= 0.6 is 11.3 Å². The van der Waals surface area contributed by atoms with Gasteiger partial charge in [-0.15, -0.1) is 11.3 Å². The number of benzene rings is 2. The normalized spacial score (nSPS) is 21.6. The largest absolute Gasteiger partial charge is 0.350 e. The number of ether oxygens (including phenoxy) is 2. The maximum Gasteiger partial charge on any atom is 0.255 e. The Morgan fingerprint density at radius 1 is 0.951 bits per heavy atom. The number of nitrogens with zero attached hydrogens (tertiary/aromatic N) is 2. The van der Waals surface area contributed by atoms with Crippen molar-refractivity contribution >= 4 is 23.2 Å². The minimum Gasteiger partial charge on any atom is -0.350 e. The van der Waals surface area contributed by atoms with Gasteiger partial charge in [0, 0.05) is 35.9 Å². The third-order valence-corrected chi connectivity index (χ3v) is 8.62. The Labute approximate surface area is 244 Å². The van der Waals surface area contributed by atoms with E-state index < -0.39 is 18.0 Å². The van der Waals surface area contributed by atoms with Crippen LogP contribution in [0.4, 0.5) is 0 Å². The average molecular weight is 568 g/mol. The molecule has 4 aromatic rings. The zero-order chi connectivity index (χ0) is 28.4. The number of likely N-dealkylation sites (tertiary alicyclic amines) is 1. The van der Waals surface area contributed by atoms with Crippen LogP contribution in [0.15, 0.2) is 90.6 Å². The predicted molar refractivity (Wildman–Crippen MR) is 159 cm³/mol. The molecular weight excluding hydrogens is 534 g/mol. The molecule has 2 amide bonds. The molecule has 2 saturated heterocycles. The lowest BCUT2D eigenvalue weighted by molar-refractivity contribution is -0.163. The quantitative estimate of drug-likeness (QED) is 0.297. The fourth-order valence-corrected chi connectivity index (χ4v) is 6.63. The van der Waals surface area contributed by atoms with Gasteiger partial charge in [-0.05, 0) is 72.5 Å². The first-order valence-electron chi connectivity index (χ1n) is 14.0. The highest BCUT2D eigenvalue weighted by Crippen LogP contribution is 2.38. The smallest absolute Gasteiger partial charge is 0.255 e. The Bertz CT molecular complexity index is 1500. The number of carbonyl (C=O) groups is 2. The highest BCUT2D eigenvalue weighted by molar-refractivity contribution is 7.14. The molecule has 2 fully saturated rings. The van der Waals surface area contributed by atoms with Gasteiger partial charge >= 0.3 is 0 Å². The van der Waals surface area contributed by atoms with Gasteiger partial charge in [0.1, 0.15) is 0 Å². The highest BCUT2D eigenvalue weighted by Gasteiger charge is 2.51. The van der Waals surface area contributed by atoms with Crippen molar-refractivity contribution in [3.8, 4) is 21.6 Å². The van der Waals surface area contributed by atoms with Gasteiger partial charge < -0.3 is 19.7 Å². The van der Waals surface area contributed by atoms with Gasteiger partial charge in [0.05, 0.1) is 6.04 Å². The lowest BCUT2D eigenvalue weighted by Gasteiger charge is -2.28. The summed E-state index contributed by atoms with van der Waals surface area (Å²) in [6.07, 6.45) is 3.37. The molecule has 0 saturated carbocycles. The van der Waals surface area contributed by atoms with Crippen LogP contribution in [-0.4, -0.2) is 46.2 Å². The molecule has 2 aliphatic heterocycles. The van der Waals surface area contributed by atoms with Crippen LogP contribution < -0.4 is 5.32 Å². The zero-order valence-electron chi connectivity index (χ0n) is 23.2. The summed E-state index contributed by atoms with van der Waals surface area (Å²) in [6, 6.07) is 24.3. The number of hydrogen-bond donors (Lipinski definition) is 1. The van der Waals surface area contributed by atoms with Crippen molar-refractivity contribution in [2.75, 3.05) is 6.54 Å². The summed E-state index contributed by atoms with van der Waals surface area (Å²) in [5.74, 6) is -1.60. The Hall–Kier alpha value is -3.85. The van der Waals surface area contributed by atoms with Crippen LogP contribution in [0.2, 0.25) is 0 Å². The standard InChI is InChI=1S/C33H33N3O4S/c1-33(2)39-28(29(40-33)32(38)36-19-6-9-27(36)24-7-4-3-5-8-24)31(37)35-21-22-10-12-25(13-11-22)30-26(16-20-41-30)23-14-17-34-18-15-23/h3-5,7-8,10-18,20,27-29H,6,9,19,21H2,1-2H3,(H,35,37)/t27?,28-,29-/m1/s1. The SMILES string of the molecule is CC1(C)O[C@@H](C(=O)NCc2ccc(-c3sccc3-c3ccncc3)cc2)[C@H](C(=O)N2CCCC2c2ccccc2)O1. The van der Waals surface area contributed by atoms with Crippen molar-refractivity contribution < 1.29 is 19.1 Å². The monoisotopic (exact) mass is 567 g/mol. The molecule has 0 spiro atoms. The van der Waals surface area contributed by atoms with Gasteiger partial charge in [-0.1, -0.05) is 54.6 Å². The number of rotatable bonds is 7. The first-order chi connectivity index (χ1) is 19.9. The number of pyridine rings is 1. The molecule has 3 atom stereocenters. The number of hydrogen-bond acceptors (Lipinski definition) is 6. The summed E-state index contributed by atoms with van der Waals surface area (Å²) in [6.45, 7) is 4.43. The zero-order valence-corrected chi connectivity index (χ0v) is 24.0. The van der Waals surface area contributed by atoms with Gasteiger partial charge in [0.25, 0.3) is 11.8 Å². The van der Waals surface area contributed by atoms with E-state index in [0.29, 0.717) is 13.1 Å². The van der Waals surface area contributed by atoms with Gasteiger partial charge in [0.15, 0.2) is 18.0 Å². The summed E-state index contributed by atoms with van der Waals surface area (Å²) < 4.78 is 12.0. The van der Waals surface area contributed by atoms with Crippen LogP contribution in [0.25, 0.3) is 21.6 Å². The third kappa shape index (κ3) is 5.81. The van der Waals surface area contributed by atoms with Crippen molar-refractivity contribution in [1.82, 2.24) is 15.2 Å². The Kier molecular flexibility index (Phi) is 7.71. The van der Waals surface area contributed by atoms with Gasteiger partial charge in [-0.3, -0.25) is 14.6 Å². The Morgan fingerprint density at radius 3 is 2.44 bits per heavy atom. The van der Waals surface area contributed by atoms with Crippen molar-refractivity contribution in [2.45, 2.75) is 57.3 Å². The molecule has 4 heterocycles. The third-order valence-electron chi connectivity index (χ3n) is 7.66. The summed E-state index contributed by atoms with van der Waals surface area (Å²) in [5.41, 5.74) is 5.45. The molecule has 41 heavy (non-hydrogen) atoms. The maximum atomic E-state index is 13.7. The molecule has 1 unspecified atom stereocenters. The highest BCUT2D eigenvalue weighted by atomic mass is 32.1. The molecule has 6 rings (SSSR count). The summed E-state index contributed by atoms with van der Waals surface area (Å²) in [7, 11) is 0. The topological polar surface area (TPSA) is 80.8 Å². The molecule has 2 aromatic carbocycles. The van der Waals surface area contributed by atoms with Crippen molar-refractivity contribution in [3.63, 3.8) is 0 Å². The van der Waals surface area contributed by atoms with E-state index in [2.05, 4.69) is 33.9 Å². The van der Waals surface area contributed by atoms with Gasteiger partial charge in [-0.25, -0.2) is 0 Å². The lowest BCUT2D eigenvalue weighted by Crippen LogP contribution is -2.49. The fraction of sp³-hybridized carbons (Fsp3) is 0.303. The van der Waals surface area contributed by atoms with E-state index in [1.165, 1.54) is 10.4 Å². The number of thiophene rings is 1. The van der Waals surface area contributed by atoms with E-state index in [9.17, 15) is 9.59 Å². The molecule has 1 N–H and O–H groups in total. The number of aromatic nitrogens is 1.